The third-order valence-electron chi connectivity index (χ3n) is 4.23. The predicted octanol–water partition coefficient (Wildman–Crippen LogP) is -0.832. The molecule has 0 aromatic carbocycles. The largest absolute Gasteiger partial charge is 0.396 e. The van der Waals surface area contributed by atoms with Crippen LogP contribution in [0.1, 0.15) is 21.0 Å². The van der Waals surface area contributed by atoms with Gasteiger partial charge in [0.2, 0.25) is 0 Å². The Bertz CT molecular complexity index is 660. The van der Waals surface area contributed by atoms with E-state index in [1.807, 2.05) is 0 Å². The smallest absolute Gasteiger partial charge is 0.198 e. The molecule has 8 nitrogen and oxygen atoms in total. The van der Waals surface area contributed by atoms with Crippen molar-refractivity contribution in [1.29, 1.82) is 0 Å². The summed E-state index contributed by atoms with van der Waals surface area (Å²) in [5.41, 5.74) is 10.4. The molecule has 0 bridgehead atoms. The van der Waals surface area contributed by atoms with Gasteiger partial charge in [0.25, 0.3) is 0 Å². The van der Waals surface area contributed by atoms with Gasteiger partial charge in [-0.2, -0.15) is 0 Å². The molecule has 0 radical (unpaired) electrons. The Balaban J connectivity index is 2.36. The van der Waals surface area contributed by atoms with Gasteiger partial charge in [0.05, 0.1) is 30.7 Å². The lowest BCUT2D eigenvalue weighted by molar-refractivity contribution is 0.0137. The van der Waals surface area contributed by atoms with Crippen molar-refractivity contribution in [2.24, 2.45) is 16.9 Å². The zero-order chi connectivity index (χ0) is 18.4. The SMILES string of the molecule is NC(C(=O)c1ccccn1)C(CO)(CO)C(N)C(=O)c1ccccn1. The van der Waals surface area contributed by atoms with E-state index in [4.69, 9.17) is 11.5 Å². The minimum Gasteiger partial charge on any atom is -0.396 e. The van der Waals surface area contributed by atoms with Gasteiger partial charge in [-0.15, -0.1) is 0 Å². The molecule has 0 saturated carbocycles. The van der Waals surface area contributed by atoms with Gasteiger partial charge < -0.3 is 21.7 Å². The van der Waals surface area contributed by atoms with E-state index in [1.54, 1.807) is 24.3 Å². The van der Waals surface area contributed by atoms with Crippen molar-refractivity contribution in [2.45, 2.75) is 12.1 Å². The molecule has 132 valence electrons. The van der Waals surface area contributed by atoms with Crippen LogP contribution in [0.3, 0.4) is 0 Å². The third kappa shape index (κ3) is 3.62. The van der Waals surface area contributed by atoms with Gasteiger partial charge in [-0.25, -0.2) is 0 Å². The highest BCUT2D eigenvalue weighted by Crippen LogP contribution is 2.27. The van der Waals surface area contributed by atoms with Gasteiger partial charge in [0, 0.05) is 12.4 Å². The molecule has 2 atom stereocenters. The van der Waals surface area contributed by atoms with E-state index in [0.29, 0.717) is 0 Å². The molecule has 0 aliphatic rings. The lowest BCUT2D eigenvalue weighted by Gasteiger charge is -2.38. The number of pyridine rings is 2. The Morgan fingerprint density at radius 1 is 0.880 bits per heavy atom. The summed E-state index contributed by atoms with van der Waals surface area (Å²) in [7, 11) is 0. The molecule has 2 rings (SSSR count). The third-order valence-corrected chi connectivity index (χ3v) is 4.23. The van der Waals surface area contributed by atoms with E-state index in [1.165, 1.54) is 24.5 Å². The molecule has 0 aliphatic carbocycles. The van der Waals surface area contributed by atoms with E-state index in [0.717, 1.165) is 0 Å². The number of ketones is 2. The van der Waals surface area contributed by atoms with Crippen molar-refractivity contribution in [3.8, 4) is 0 Å². The number of carbonyl (C=O) groups excluding carboxylic acids is 2. The van der Waals surface area contributed by atoms with Crippen LogP contribution in [0.4, 0.5) is 0 Å². The Morgan fingerprint density at radius 2 is 1.28 bits per heavy atom. The minimum absolute atomic E-state index is 0.0544. The number of Topliss-reactive ketones (excluding diaryl/α,β-unsaturated/α-hetero) is 2. The van der Waals surface area contributed by atoms with Crippen molar-refractivity contribution in [3.63, 3.8) is 0 Å². The fourth-order valence-electron chi connectivity index (χ4n) is 2.49. The molecule has 0 aliphatic heterocycles. The molecule has 2 aromatic heterocycles. The molecule has 0 amide bonds. The predicted molar refractivity (Wildman–Crippen MR) is 89.7 cm³/mol. The van der Waals surface area contributed by atoms with Crippen LogP contribution in [-0.2, 0) is 0 Å². The highest BCUT2D eigenvalue weighted by molar-refractivity contribution is 6.02. The number of hydrogen-bond donors (Lipinski definition) is 4. The molecule has 8 heteroatoms. The van der Waals surface area contributed by atoms with Crippen LogP contribution in [0, 0.1) is 5.41 Å². The van der Waals surface area contributed by atoms with Crippen LogP contribution in [0.15, 0.2) is 48.8 Å². The summed E-state index contributed by atoms with van der Waals surface area (Å²) >= 11 is 0. The molecular formula is C17H20N4O4. The van der Waals surface area contributed by atoms with Gasteiger partial charge >= 0.3 is 0 Å². The second kappa shape index (κ2) is 8.04. The van der Waals surface area contributed by atoms with E-state index >= 15 is 0 Å². The molecule has 2 heterocycles. The molecule has 6 N–H and O–H groups in total. The van der Waals surface area contributed by atoms with E-state index in [2.05, 4.69) is 9.97 Å². The van der Waals surface area contributed by atoms with Gasteiger partial charge in [0.15, 0.2) is 11.6 Å². The summed E-state index contributed by atoms with van der Waals surface area (Å²) < 4.78 is 0. The maximum absolute atomic E-state index is 12.6. The van der Waals surface area contributed by atoms with Crippen molar-refractivity contribution >= 4 is 11.6 Å². The van der Waals surface area contributed by atoms with Crippen LogP contribution in [0.5, 0.6) is 0 Å². The number of nitrogens with two attached hydrogens (primary N) is 2. The van der Waals surface area contributed by atoms with Gasteiger partial charge in [0.1, 0.15) is 11.4 Å². The first-order valence-electron chi connectivity index (χ1n) is 7.61. The number of rotatable bonds is 8. The first-order chi connectivity index (χ1) is 12.0. The van der Waals surface area contributed by atoms with E-state index in [9.17, 15) is 19.8 Å². The van der Waals surface area contributed by atoms with Crippen LogP contribution >= 0.6 is 0 Å². The fourth-order valence-corrected chi connectivity index (χ4v) is 2.49. The van der Waals surface area contributed by atoms with Gasteiger partial charge in [-0.1, -0.05) is 12.1 Å². The van der Waals surface area contributed by atoms with Crippen LogP contribution < -0.4 is 11.5 Å². The number of aliphatic hydroxyl groups excluding tert-OH is 2. The normalized spacial score (nSPS) is 13.9. The topological polar surface area (TPSA) is 152 Å². The summed E-state index contributed by atoms with van der Waals surface area (Å²) in [6.07, 6.45) is 2.83. The average Bonchev–Trinajstić information content (AvgIpc) is 2.69. The monoisotopic (exact) mass is 344 g/mol. The lowest BCUT2D eigenvalue weighted by atomic mass is 9.71. The maximum Gasteiger partial charge on any atom is 0.198 e. The molecule has 2 aromatic rings. The number of hydrogen-bond acceptors (Lipinski definition) is 8. The van der Waals surface area contributed by atoms with E-state index < -0.39 is 42.3 Å². The Morgan fingerprint density at radius 3 is 1.56 bits per heavy atom. The van der Waals surface area contributed by atoms with Gasteiger partial charge in [-0.05, 0) is 24.3 Å². The molecular weight excluding hydrogens is 324 g/mol. The molecule has 25 heavy (non-hydrogen) atoms. The number of aromatic nitrogens is 2. The van der Waals surface area contributed by atoms with Gasteiger partial charge in [-0.3, -0.25) is 19.6 Å². The van der Waals surface area contributed by atoms with Crippen molar-refractivity contribution in [2.75, 3.05) is 13.2 Å². The van der Waals surface area contributed by atoms with Crippen LogP contribution in [0.25, 0.3) is 0 Å². The number of nitrogens with zero attached hydrogens (tertiary/aromatic N) is 2. The highest BCUT2D eigenvalue weighted by atomic mass is 16.3. The second-order valence-corrected chi connectivity index (χ2v) is 5.66. The quantitative estimate of drug-likeness (QED) is 0.453. The van der Waals surface area contributed by atoms with Crippen LogP contribution in [0.2, 0.25) is 0 Å². The molecule has 2 unspecified atom stereocenters. The average molecular weight is 344 g/mol. The highest BCUT2D eigenvalue weighted by Gasteiger charge is 2.48. The molecule has 0 spiro atoms. The standard InChI is InChI=1S/C17H20N4O4/c18-15(13(24)11-5-1-3-7-20-11)17(9-22,10-23)16(19)14(25)12-6-2-4-8-21-12/h1-8,15-16,22-23H,9-10,18-19H2. The van der Waals surface area contributed by atoms with Crippen molar-refractivity contribution in [1.82, 2.24) is 9.97 Å². The van der Waals surface area contributed by atoms with Crippen molar-refractivity contribution in [3.05, 3.63) is 60.2 Å². The van der Waals surface area contributed by atoms with E-state index in [-0.39, 0.29) is 11.4 Å². The zero-order valence-electron chi connectivity index (χ0n) is 13.4. The number of aliphatic hydroxyl groups is 2. The first-order valence-corrected chi connectivity index (χ1v) is 7.61. The summed E-state index contributed by atoms with van der Waals surface area (Å²) in [4.78, 5) is 33.0. The second-order valence-electron chi connectivity index (χ2n) is 5.66. The zero-order valence-corrected chi connectivity index (χ0v) is 13.4. The van der Waals surface area contributed by atoms with Crippen molar-refractivity contribution < 1.29 is 19.8 Å². The Kier molecular flexibility index (Phi) is 6.05. The molecule has 0 saturated heterocycles. The fraction of sp³-hybridized carbons (Fsp3) is 0.294. The summed E-state index contributed by atoms with van der Waals surface area (Å²) in [6.45, 7) is -1.52. The maximum atomic E-state index is 12.6. The lowest BCUT2D eigenvalue weighted by Crippen LogP contribution is -2.63. The summed E-state index contributed by atoms with van der Waals surface area (Å²) in [5.74, 6) is -1.26. The summed E-state index contributed by atoms with van der Waals surface area (Å²) in [6, 6.07) is 6.51. The Hall–Kier alpha value is -2.52. The minimum atomic E-state index is -1.76. The Labute approximate surface area is 144 Å². The summed E-state index contributed by atoms with van der Waals surface area (Å²) in [5, 5.41) is 19.7. The van der Waals surface area contributed by atoms with Crippen LogP contribution in [-0.4, -0.2) is 57.0 Å². The number of carbonyl (C=O) groups is 2. The first kappa shape index (κ1) is 18.8. The molecule has 0 fully saturated rings.